The number of aryl methyl sites for hydroxylation is 1. The summed E-state index contributed by atoms with van der Waals surface area (Å²) in [6.07, 6.45) is 0. The third-order valence-corrected chi connectivity index (χ3v) is 3.84. The molecule has 88 valence electrons. The molecule has 0 amide bonds. The fourth-order valence-corrected chi connectivity index (χ4v) is 2.69. The third-order valence-electron chi connectivity index (χ3n) is 2.45. The normalized spacial score (nSPS) is 10.5. The Kier molecular flexibility index (Phi) is 3.97. The molecule has 0 aliphatic heterocycles. The van der Waals surface area contributed by atoms with Crippen LogP contribution in [-0.4, -0.2) is 0 Å². The van der Waals surface area contributed by atoms with Crippen LogP contribution >= 0.6 is 23.4 Å². The van der Waals surface area contributed by atoms with Gasteiger partial charge in [-0.2, -0.15) is 0 Å². The molecule has 2 aromatic carbocycles. The van der Waals surface area contributed by atoms with Gasteiger partial charge in [-0.1, -0.05) is 41.4 Å². The minimum absolute atomic E-state index is 0.683. The number of halogens is 1. The van der Waals surface area contributed by atoms with Crippen molar-refractivity contribution in [1.29, 1.82) is 0 Å². The first-order valence-corrected chi connectivity index (χ1v) is 6.75. The van der Waals surface area contributed by atoms with Gasteiger partial charge < -0.3 is 5.73 Å². The van der Waals surface area contributed by atoms with Crippen LogP contribution in [0.1, 0.15) is 11.1 Å². The second-order valence-corrected chi connectivity index (χ2v) is 5.41. The van der Waals surface area contributed by atoms with E-state index in [1.807, 2.05) is 12.1 Å². The zero-order valence-electron chi connectivity index (χ0n) is 9.61. The summed E-state index contributed by atoms with van der Waals surface area (Å²) < 4.78 is 0. The Morgan fingerprint density at radius 3 is 2.71 bits per heavy atom. The quantitative estimate of drug-likeness (QED) is 0.651. The number of hydrogen-bond donors (Lipinski definition) is 1. The number of rotatable bonds is 3. The maximum atomic E-state index is 5.91. The fraction of sp³-hybridized carbons (Fsp3) is 0.143. The summed E-state index contributed by atoms with van der Waals surface area (Å²) in [6, 6.07) is 14.1. The van der Waals surface area contributed by atoms with Crippen molar-refractivity contribution >= 4 is 29.1 Å². The van der Waals surface area contributed by atoms with Crippen LogP contribution in [0.5, 0.6) is 0 Å². The highest BCUT2D eigenvalue weighted by atomic mass is 35.5. The van der Waals surface area contributed by atoms with Crippen LogP contribution in [0.25, 0.3) is 0 Å². The van der Waals surface area contributed by atoms with Crippen LogP contribution in [0.15, 0.2) is 47.4 Å². The molecular formula is C14H14ClNS. The van der Waals surface area contributed by atoms with Crippen LogP contribution in [0.3, 0.4) is 0 Å². The molecule has 2 rings (SSSR count). The molecule has 2 N–H and O–H groups in total. The molecule has 0 aliphatic rings. The monoisotopic (exact) mass is 263 g/mol. The lowest BCUT2D eigenvalue weighted by molar-refractivity contribution is 1.34. The second kappa shape index (κ2) is 5.48. The molecule has 0 radical (unpaired) electrons. The first kappa shape index (κ1) is 12.3. The minimum Gasteiger partial charge on any atom is -0.398 e. The first-order chi connectivity index (χ1) is 8.15. The van der Waals surface area contributed by atoms with Crippen molar-refractivity contribution in [3.8, 4) is 0 Å². The van der Waals surface area contributed by atoms with E-state index < -0.39 is 0 Å². The van der Waals surface area contributed by atoms with E-state index in [4.69, 9.17) is 17.3 Å². The molecule has 17 heavy (non-hydrogen) atoms. The zero-order valence-corrected chi connectivity index (χ0v) is 11.2. The van der Waals surface area contributed by atoms with Gasteiger partial charge in [-0.25, -0.2) is 0 Å². The van der Waals surface area contributed by atoms with E-state index in [1.54, 1.807) is 17.8 Å². The van der Waals surface area contributed by atoms with Crippen LogP contribution in [0.2, 0.25) is 5.02 Å². The Bertz CT molecular complexity index is 525. The third kappa shape index (κ3) is 3.42. The van der Waals surface area contributed by atoms with Gasteiger partial charge in [0.2, 0.25) is 0 Å². The van der Waals surface area contributed by atoms with E-state index in [0.29, 0.717) is 5.02 Å². The van der Waals surface area contributed by atoms with Crippen LogP contribution < -0.4 is 5.73 Å². The maximum absolute atomic E-state index is 5.91. The van der Waals surface area contributed by atoms with Crippen LogP contribution in [0, 0.1) is 6.92 Å². The van der Waals surface area contributed by atoms with E-state index >= 15 is 0 Å². The summed E-state index contributed by atoms with van der Waals surface area (Å²) in [4.78, 5) is 1.08. The molecule has 0 saturated carbocycles. The average molecular weight is 264 g/mol. The van der Waals surface area contributed by atoms with Crippen molar-refractivity contribution in [2.24, 2.45) is 0 Å². The van der Waals surface area contributed by atoms with Gasteiger partial charge in [-0.05, 0) is 30.7 Å². The second-order valence-electron chi connectivity index (χ2n) is 3.96. The topological polar surface area (TPSA) is 26.0 Å². The molecule has 0 saturated heterocycles. The molecule has 1 nitrogen and oxygen atoms in total. The zero-order chi connectivity index (χ0) is 12.3. The van der Waals surface area contributed by atoms with E-state index in [9.17, 15) is 0 Å². The van der Waals surface area contributed by atoms with E-state index in [-0.39, 0.29) is 0 Å². The van der Waals surface area contributed by atoms with Crippen LogP contribution in [0.4, 0.5) is 5.69 Å². The lowest BCUT2D eigenvalue weighted by Crippen LogP contribution is -1.89. The minimum atomic E-state index is 0.683. The molecule has 3 heteroatoms. The van der Waals surface area contributed by atoms with Gasteiger partial charge in [0.15, 0.2) is 0 Å². The molecule has 0 aliphatic carbocycles. The maximum Gasteiger partial charge on any atom is 0.0467 e. The number of nitrogen functional groups attached to an aromatic ring is 1. The molecule has 0 unspecified atom stereocenters. The van der Waals surface area contributed by atoms with Gasteiger partial charge >= 0.3 is 0 Å². The number of benzene rings is 2. The number of thioether (sulfide) groups is 1. The molecule has 0 bridgehead atoms. The number of nitrogens with two attached hydrogens (primary N) is 1. The van der Waals surface area contributed by atoms with Gasteiger partial charge in [-0.15, -0.1) is 11.8 Å². The van der Waals surface area contributed by atoms with E-state index in [1.165, 1.54) is 11.1 Å². The van der Waals surface area contributed by atoms with Crippen molar-refractivity contribution < 1.29 is 0 Å². The van der Waals surface area contributed by atoms with Crippen molar-refractivity contribution in [1.82, 2.24) is 0 Å². The summed E-state index contributed by atoms with van der Waals surface area (Å²) in [5, 5.41) is 0.683. The highest BCUT2D eigenvalue weighted by Crippen LogP contribution is 2.30. The van der Waals surface area contributed by atoms with Gasteiger partial charge in [0, 0.05) is 21.4 Å². The summed E-state index contributed by atoms with van der Waals surface area (Å²) >= 11 is 7.60. The predicted octanol–water partition coefficient (Wildman–Crippen LogP) is 4.52. The Morgan fingerprint density at radius 2 is 2.00 bits per heavy atom. The highest BCUT2D eigenvalue weighted by molar-refractivity contribution is 7.98. The first-order valence-electron chi connectivity index (χ1n) is 5.38. The Labute approximate surface area is 111 Å². The van der Waals surface area contributed by atoms with Gasteiger partial charge in [0.1, 0.15) is 0 Å². The predicted molar refractivity (Wildman–Crippen MR) is 76.6 cm³/mol. The average Bonchev–Trinajstić information content (AvgIpc) is 2.28. The largest absolute Gasteiger partial charge is 0.398 e. The summed E-state index contributed by atoms with van der Waals surface area (Å²) in [6.45, 7) is 2.10. The van der Waals surface area contributed by atoms with Gasteiger partial charge in [-0.3, -0.25) is 0 Å². The fourth-order valence-electron chi connectivity index (χ4n) is 1.61. The molecule has 0 heterocycles. The Hall–Kier alpha value is -1.12. The smallest absolute Gasteiger partial charge is 0.0467 e. The highest BCUT2D eigenvalue weighted by Gasteiger charge is 2.01. The lowest BCUT2D eigenvalue weighted by atomic mass is 10.2. The van der Waals surface area contributed by atoms with E-state index in [2.05, 4.69) is 31.2 Å². The Balaban J connectivity index is 2.07. The lowest BCUT2D eigenvalue weighted by Gasteiger charge is -2.06. The van der Waals surface area contributed by atoms with Crippen molar-refractivity contribution in [2.75, 3.05) is 5.73 Å². The molecule has 0 aromatic heterocycles. The number of hydrogen-bond acceptors (Lipinski definition) is 2. The molecule has 0 spiro atoms. The van der Waals surface area contributed by atoms with E-state index in [0.717, 1.165) is 16.3 Å². The van der Waals surface area contributed by atoms with Crippen molar-refractivity contribution in [3.05, 3.63) is 58.6 Å². The van der Waals surface area contributed by atoms with Gasteiger partial charge in [0.05, 0.1) is 0 Å². The molecule has 0 fully saturated rings. The standard InChI is InChI=1S/C14H14ClNS/c1-10-3-2-4-11(7-10)9-17-14-6-5-12(15)8-13(14)16/h2-8H,9,16H2,1H3. The molecule has 0 atom stereocenters. The summed E-state index contributed by atoms with van der Waals surface area (Å²) in [5.41, 5.74) is 9.25. The Morgan fingerprint density at radius 1 is 1.18 bits per heavy atom. The van der Waals surface area contributed by atoms with Gasteiger partial charge in [0.25, 0.3) is 0 Å². The molecule has 2 aromatic rings. The van der Waals surface area contributed by atoms with Crippen LogP contribution in [-0.2, 0) is 5.75 Å². The SMILES string of the molecule is Cc1cccc(CSc2ccc(Cl)cc2N)c1. The number of anilines is 1. The van der Waals surface area contributed by atoms with Crippen molar-refractivity contribution in [3.63, 3.8) is 0 Å². The summed E-state index contributed by atoms with van der Waals surface area (Å²) in [7, 11) is 0. The summed E-state index contributed by atoms with van der Waals surface area (Å²) in [5.74, 6) is 0.924. The van der Waals surface area contributed by atoms with Crippen molar-refractivity contribution in [2.45, 2.75) is 17.6 Å². The molecular weight excluding hydrogens is 250 g/mol.